The molecular weight excluding hydrogens is 218 g/mol. The number of hydrogen-bond acceptors (Lipinski definition) is 1. The fourth-order valence-corrected chi connectivity index (χ4v) is 1.67. The second-order valence-corrected chi connectivity index (χ2v) is 4.09. The van der Waals surface area contributed by atoms with E-state index < -0.39 is 0 Å². The van der Waals surface area contributed by atoms with Gasteiger partial charge in [-0.05, 0) is 30.7 Å². The number of anilines is 1. The standard InChI is InChI=1S/C17H17N/c1-2-14-18-17-11-7-6-10-16(17)13-12-15-8-4-3-5-9-15/h3-11,18H,2,14H2,1H3. The molecule has 90 valence electrons. The highest BCUT2D eigenvalue weighted by atomic mass is 14.9. The molecule has 0 aliphatic rings. The summed E-state index contributed by atoms with van der Waals surface area (Å²) in [5, 5.41) is 3.40. The number of nitrogens with one attached hydrogen (secondary N) is 1. The summed E-state index contributed by atoms with van der Waals surface area (Å²) in [5.41, 5.74) is 3.21. The van der Waals surface area contributed by atoms with Crippen LogP contribution < -0.4 is 5.32 Å². The van der Waals surface area contributed by atoms with Crippen molar-refractivity contribution in [3.63, 3.8) is 0 Å². The maximum atomic E-state index is 3.40. The van der Waals surface area contributed by atoms with E-state index in [1.165, 1.54) is 0 Å². The van der Waals surface area contributed by atoms with Crippen LogP contribution >= 0.6 is 0 Å². The Morgan fingerprint density at radius 1 is 0.889 bits per heavy atom. The Hall–Kier alpha value is -2.20. The van der Waals surface area contributed by atoms with E-state index in [1.807, 2.05) is 48.5 Å². The van der Waals surface area contributed by atoms with Crippen molar-refractivity contribution in [1.29, 1.82) is 0 Å². The molecule has 0 spiro atoms. The predicted molar refractivity (Wildman–Crippen MR) is 77.6 cm³/mol. The van der Waals surface area contributed by atoms with Gasteiger partial charge in [-0.1, -0.05) is 49.1 Å². The smallest absolute Gasteiger partial charge is 0.0499 e. The minimum absolute atomic E-state index is 0.976. The van der Waals surface area contributed by atoms with Gasteiger partial charge in [0.1, 0.15) is 0 Å². The van der Waals surface area contributed by atoms with E-state index in [1.54, 1.807) is 0 Å². The molecule has 0 saturated heterocycles. The van der Waals surface area contributed by atoms with Gasteiger partial charge in [0.05, 0.1) is 0 Å². The Kier molecular flexibility index (Phi) is 4.44. The van der Waals surface area contributed by atoms with Crippen molar-refractivity contribution in [3.05, 3.63) is 65.7 Å². The van der Waals surface area contributed by atoms with Crippen LogP contribution in [0.15, 0.2) is 54.6 Å². The Morgan fingerprint density at radius 3 is 2.39 bits per heavy atom. The molecule has 2 aromatic rings. The minimum Gasteiger partial charge on any atom is -0.384 e. The average molecular weight is 235 g/mol. The summed E-state index contributed by atoms with van der Waals surface area (Å²) in [5.74, 6) is 6.41. The van der Waals surface area contributed by atoms with E-state index in [0.717, 1.165) is 29.8 Å². The third-order valence-electron chi connectivity index (χ3n) is 2.61. The lowest BCUT2D eigenvalue weighted by atomic mass is 10.1. The van der Waals surface area contributed by atoms with E-state index in [0.29, 0.717) is 0 Å². The van der Waals surface area contributed by atoms with Gasteiger partial charge in [0.15, 0.2) is 0 Å². The van der Waals surface area contributed by atoms with Crippen molar-refractivity contribution in [1.82, 2.24) is 0 Å². The molecule has 0 atom stereocenters. The fraction of sp³-hybridized carbons (Fsp3) is 0.176. The molecule has 0 aliphatic carbocycles. The Bertz CT molecular complexity index is 547. The maximum Gasteiger partial charge on any atom is 0.0499 e. The molecule has 0 aromatic heterocycles. The average Bonchev–Trinajstić information content (AvgIpc) is 2.45. The summed E-state index contributed by atoms with van der Waals surface area (Å²) in [6.45, 7) is 3.13. The quantitative estimate of drug-likeness (QED) is 0.795. The monoisotopic (exact) mass is 235 g/mol. The van der Waals surface area contributed by atoms with Gasteiger partial charge in [0, 0.05) is 23.4 Å². The molecule has 1 nitrogen and oxygen atoms in total. The zero-order valence-electron chi connectivity index (χ0n) is 10.6. The largest absolute Gasteiger partial charge is 0.384 e. The van der Waals surface area contributed by atoms with E-state index in [9.17, 15) is 0 Å². The van der Waals surface area contributed by atoms with Crippen molar-refractivity contribution in [3.8, 4) is 11.8 Å². The van der Waals surface area contributed by atoms with Gasteiger partial charge in [-0.25, -0.2) is 0 Å². The van der Waals surface area contributed by atoms with Crippen molar-refractivity contribution in [2.45, 2.75) is 13.3 Å². The zero-order valence-corrected chi connectivity index (χ0v) is 10.6. The third-order valence-corrected chi connectivity index (χ3v) is 2.61. The molecule has 0 radical (unpaired) electrons. The van der Waals surface area contributed by atoms with Crippen LogP contribution in [0.4, 0.5) is 5.69 Å². The minimum atomic E-state index is 0.976. The number of para-hydroxylation sites is 1. The SMILES string of the molecule is CCCNc1ccccc1C#Cc1ccccc1. The zero-order chi connectivity index (χ0) is 12.6. The molecule has 1 heteroatoms. The fourth-order valence-electron chi connectivity index (χ4n) is 1.67. The van der Waals surface area contributed by atoms with Crippen LogP contribution in [0.2, 0.25) is 0 Å². The van der Waals surface area contributed by atoms with Gasteiger partial charge >= 0.3 is 0 Å². The van der Waals surface area contributed by atoms with Crippen LogP contribution in [-0.2, 0) is 0 Å². The summed E-state index contributed by atoms with van der Waals surface area (Å²) in [4.78, 5) is 0. The van der Waals surface area contributed by atoms with Gasteiger partial charge in [-0.3, -0.25) is 0 Å². The molecule has 0 heterocycles. The number of rotatable bonds is 3. The molecule has 0 bridgehead atoms. The molecule has 0 unspecified atom stereocenters. The van der Waals surface area contributed by atoms with Crippen LogP contribution in [-0.4, -0.2) is 6.54 Å². The summed E-state index contributed by atoms with van der Waals surface area (Å²) >= 11 is 0. The second-order valence-electron chi connectivity index (χ2n) is 4.09. The summed E-state index contributed by atoms with van der Waals surface area (Å²) < 4.78 is 0. The van der Waals surface area contributed by atoms with Crippen LogP contribution in [0.5, 0.6) is 0 Å². The van der Waals surface area contributed by atoms with Crippen LogP contribution in [0.25, 0.3) is 0 Å². The normalized spacial score (nSPS) is 9.39. The van der Waals surface area contributed by atoms with Crippen molar-refractivity contribution in [2.75, 3.05) is 11.9 Å². The first-order chi connectivity index (χ1) is 8.90. The molecule has 0 fully saturated rings. The van der Waals surface area contributed by atoms with Crippen LogP contribution in [0, 0.1) is 11.8 Å². The van der Waals surface area contributed by atoms with E-state index >= 15 is 0 Å². The molecule has 0 amide bonds. The number of hydrogen-bond donors (Lipinski definition) is 1. The van der Waals surface area contributed by atoms with Gasteiger partial charge in [-0.2, -0.15) is 0 Å². The Labute approximate surface area is 109 Å². The first-order valence-electron chi connectivity index (χ1n) is 6.30. The highest BCUT2D eigenvalue weighted by Gasteiger charge is 1.96. The van der Waals surface area contributed by atoms with Gasteiger partial charge in [0.2, 0.25) is 0 Å². The molecule has 2 rings (SSSR count). The lowest BCUT2D eigenvalue weighted by Crippen LogP contribution is -2.01. The Morgan fingerprint density at radius 2 is 1.61 bits per heavy atom. The van der Waals surface area contributed by atoms with E-state index in [4.69, 9.17) is 0 Å². The molecule has 0 saturated carbocycles. The lowest BCUT2D eigenvalue weighted by molar-refractivity contribution is 0.979. The topological polar surface area (TPSA) is 12.0 Å². The highest BCUT2D eigenvalue weighted by Crippen LogP contribution is 2.13. The molecule has 18 heavy (non-hydrogen) atoms. The lowest BCUT2D eigenvalue weighted by Gasteiger charge is -2.06. The van der Waals surface area contributed by atoms with Gasteiger partial charge in [0.25, 0.3) is 0 Å². The summed E-state index contributed by atoms with van der Waals surface area (Å²) in [7, 11) is 0. The molecule has 0 aliphatic heterocycles. The van der Waals surface area contributed by atoms with Crippen LogP contribution in [0.1, 0.15) is 24.5 Å². The molecule has 1 N–H and O–H groups in total. The molecule has 2 aromatic carbocycles. The first-order valence-corrected chi connectivity index (χ1v) is 6.30. The third kappa shape index (κ3) is 3.40. The van der Waals surface area contributed by atoms with Crippen LogP contribution in [0.3, 0.4) is 0 Å². The maximum absolute atomic E-state index is 3.40. The summed E-state index contributed by atoms with van der Waals surface area (Å²) in [6, 6.07) is 18.2. The van der Waals surface area contributed by atoms with Crippen molar-refractivity contribution >= 4 is 5.69 Å². The number of benzene rings is 2. The van der Waals surface area contributed by atoms with Gasteiger partial charge in [-0.15, -0.1) is 0 Å². The van der Waals surface area contributed by atoms with Crippen molar-refractivity contribution < 1.29 is 0 Å². The second kappa shape index (κ2) is 6.51. The predicted octanol–water partition coefficient (Wildman–Crippen LogP) is 3.91. The van der Waals surface area contributed by atoms with Gasteiger partial charge < -0.3 is 5.32 Å². The van der Waals surface area contributed by atoms with E-state index in [-0.39, 0.29) is 0 Å². The van der Waals surface area contributed by atoms with E-state index in [2.05, 4.69) is 30.1 Å². The highest BCUT2D eigenvalue weighted by molar-refractivity contribution is 5.60. The summed E-state index contributed by atoms with van der Waals surface area (Å²) in [6.07, 6.45) is 1.11. The van der Waals surface area contributed by atoms with Crippen molar-refractivity contribution in [2.24, 2.45) is 0 Å². The first kappa shape index (κ1) is 12.3. The Balaban J connectivity index is 2.21. The molecular formula is C17H17N.